The van der Waals surface area contributed by atoms with E-state index in [9.17, 15) is 14.7 Å². The van der Waals surface area contributed by atoms with Gasteiger partial charge < -0.3 is 20.4 Å². The summed E-state index contributed by atoms with van der Waals surface area (Å²) in [5.41, 5.74) is -0.592. The standard InChI is InChI=1S/C14H26N2O4/c1-14(2,9-17)16(3)13(20)15-8-10-4-6-11(7-5-10)12(18)19/h10-11,17H,4-9H2,1-3H3,(H,15,20)(H,18,19). The normalized spacial score (nSPS) is 23.2. The fraction of sp³-hybridized carbons (Fsp3) is 0.857. The lowest BCUT2D eigenvalue weighted by atomic mass is 9.82. The van der Waals surface area contributed by atoms with E-state index < -0.39 is 11.5 Å². The molecule has 6 heteroatoms. The van der Waals surface area contributed by atoms with Gasteiger partial charge in [0.2, 0.25) is 0 Å². The van der Waals surface area contributed by atoms with Gasteiger partial charge in [-0.1, -0.05) is 0 Å². The van der Waals surface area contributed by atoms with Crippen LogP contribution >= 0.6 is 0 Å². The molecule has 0 aromatic rings. The van der Waals surface area contributed by atoms with Gasteiger partial charge in [-0.2, -0.15) is 0 Å². The summed E-state index contributed by atoms with van der Waals surface area (Å²) in [6.45, 7) is 4.06. The molecule has 0 atom stereocenters. The number of aliphatic hydroxyl groups is 1. The number of carbonyl (C=O) groups excluding carboxylic acids is 1. The highest BCUT2D eigenvalue weighted by atomic mass is 16.4. The van der Waals surface area contributed by atoms with Crippen molar-refractivity contribution in [3.8, 4) is 0 Å². The van der Waals surface area contributed by atoms with Crippen LogP contribution in [0.3, 0.4) is 0 Å². The molecule has 0 radical (unpaired) electrons. The number of likely N-dealkylation sites (N-methyl/N-ethyl adjacent to an activating group) is 1. The van der Waals surface area contributed by atoms with E-state index in [1.807, 2.05) is 0 Å². The zero-order valence-electron chi connectivity index (χ0n) is 12.6. The van der Waals surface area contributed by atoms with Gasteiger partial charge >= 0.3 is 12.0 Å². The Morgan fingerprint density at radius 1 is 1.25 bits per heavy atom. The summed E-state index contributed by atoms with van der Waals surface area (Å²) < 4.78 is 0. The van der Waals surface area contributed by atoms with Crippen molar-refractivity contribution in [2.45, 2.75) is 45.1 Å². The number of nitrogens with zero attached hydrogens (tertiary/aromatic N) is 1. The Morgan fingerprint density at radius 3 is 2.25 bits per heavy atom. The van der Waals surface area contributed by atoms with E-state index in [1.54, 1.807) is 20.9 Å². The summed E-state index contributed by atoms with van der Waals surface area (Å²) in [6, 6.07) is -0.204. The molecule has 1 saturated carbocycles. The molecule has 0 aliphatic heterocycles. The summed E-state index contributed by atoms with van der Waals surface area (Å²) in [4.78, 5) is 24.3. The zero-order chi connectivity index (χ0) is 15.3. The molecule has 0 spiro atoms. The minimum Gasteiger partial charge on any atom is -0.481 e. The predicted molar refractivity (Wildman–Crippen MR) is 75.4 cm³/mol. The van der Waals surface area contributed by atoms with Crippen molar-refractivity contribution in [2.75, 3.05) is 20.2 Å². The fourth-order valence-corrected chi connectivity index (χ4v) is 2.34. The van der Waals surface area contributed by atoms with Gasteiger partial charge in [0.1, 0.15) is 0 Å². The molecule has 1 aliphatic rings. The molecule has 0 aromatic carbocycles. The molecule has 20 heavy (non-hydrogen) atoms. The van der Waals surface area contributed by atoms with Crippen LogP contribution in [0.25, 0.3) is 0 Å². The maximum atomic E-state index is 12.0. The third-order valence-corrected chi connectivity index (χ3v) is 4.34. The van der Waals surface area contributed by atoms with Crippen LogP contribution in [-0.4, -0.2) is 52.9 Å². The highest BCUT2D eigenvalue weighted by molar-refractivity contribution is 5.74. The molecular formula is C14H26N2O4. The Labute approximate surface area is 120 Å². The number of rotatable bonds is 5. The Kier molecular flexibility index (Phi) is 5.80. The second kappa shape index (κ2) is 6.92. The molecule has 2 amide bonds. The van der Waals surface area contributed by atoms with Crippen LogP contribution < -0.4 is 5.32 Å². The first-order valence-electron chi connectivity index (χ1n) is 7.13. The van der Waals surface area contributed by atoms with Gasteiger partial charge in [0, 0.05) is 13.6 Å². The highest BCUT2D eigenvalue weighted by Crippen LogP contribution is 2.28. The Hall–Kier alpha value is -1.30. The third-order valence-electron chi connectivity index (χ3n) is 4.34. The zero-order valence-corrected chi connectivity index (χ0v) is 12.6. The maximum absolute atomic E-state index is 12.0. The van der Waals surface area contributed by atoms with Crippen LogP contribution in [0.5, 0.6) is 0 Å². The molecule has 1 rings (SSSR count). The smallest absolute Gasteiger partial charge is 0.317 e. The Balaban J connectivity index is 2.34. The molecule has 0 saturated heterocycles. The van der Waals surface area contributed by atoms with Crippen LogP contribution in [0.1, 0.15) is 39.5 Å². The van der Waals surface area contributed by atoms with Crippen molar-refractivity contribution in [3.63, 3.8) is 0 Å². The van der Waals surface area contributed by atoms with Crippen LogP contribution in [0.15, 0.2) is 0 Å². The van der Waals surface area contributed by atoms with E-state index in [1.165, 1.54) is 4.90 Å². The van der Waals surface area contributed by atoms with Crippen molar-refractivity contribution in [1.29, 1.82) is 0 Å². The molecular weight excluding hydrogens is 260 g/mol. The minimum absolute atomic E-state index is 0.0966. The van der Waals surface area contributed by atoms with Crippen molar-refractivity contribution >= 4 is 12.0 Å². The molecule has 6 nitrogen and oxygen atoms in total. The monoisotopic (exact) mass is 286 g/mol. The molecule has 0 bridgehead atoms. The summed E-state index contributed by atoms with van der Waals surface area (Å²) in [5.74, 6) is -0.588. The number of aliphatic carboxylic acids is 1. The van der Waals surface area contributed by atoms with Crippen molar-refractivity contribution in [3.05, 3.63) is 0 Å². The van der Waals surface area contributed by atoms with E-state index in [-0.39, 0.29) is 18.6 Å². The van der Waals surface area contributed by atoms with E-state index in [0.29, 0.717) is 25.3 Å². The van der Waals surface area contributed by atoms with Gasteiger partial charge in [-0.15, -0.1) is 0 Å². The van der Waals surface area contributed by atoms with Crippen LogP contribution in [-0.2, 0) is 4.79 Å². The summed E-state index contributed by atoms with van der Waals surface area (Å²) in [5, 5.41) is 21.0. The Morgan fingerprint density at radius 2 is 1.80 bits per heavy atom. The number of carbonyl (C=O) groups is 2. The highest BCUT2D eigenvalue weighted by Gasteiger charge is 2.29. The fourth-order valence-electron chi connectivity index (χ4n) is 2.34. The summed E-state index contributed by atoms with van der Waals surface area (Å²) >= 11 is 0. The lowest BCUT2D eigenvalue weighted by Crippen LogP contribution is -2.52. The number of carboxylic acid groups (broad SMARTS) is 1. The van der Waals surface area contributed by atoms with Crippen molar-refractivity contribution in [2.24, 2.45) is 11.8 Å². The third kappa shape index (κ3) is 4.37. The molecule has 0 aromatic heterocycles. The predicted octanol–water partition coefficient (Wildman–Crippen LogP) is 1.29. The first kappa shape index (κ1) is 16.8. The van der Waals surface area contributed by atoms with E-state index in [2.05, 4.69) is 5.32 Å². The number of urea groups is 1. The number of carboxylic acids is 1. The first-order chi connectivity index (χ1) is 9.27. The van der Waals surface area contributed by atoms with Crippen LogP contribution in [0.4, 0.5) is 4.79 Å². The molecule has 3 N–H and O–H groups in total. The largest absolute Gasteiger partial charge is 0.481 e. The van der Waals surface area contributed by atoms with Gasteiger partial charge in [0.05, 0.1) is 18.1 Å². The van der Waals surface area contributed by atoms with Gasteiger partial charge in [-0.3, -0.25) is 4.79 Å². The lowest BCUT2D eigenvalue weighted by molar-refractivity contribution is -0.143. The van der Waals surface area contributed by atoms with Crippen LogP contribution in [0.2, 0.25) is 0 Å². The number of amides is 2. The second-order valence-electron chi connectivity index (χ2n) is 6.27. The number of hydrogen-bond acceptors (Lipinski definition) is 3. The molecule has 0 heterocycles. The number of hydrogen-bond donors (Lipinski definition) is 3. The maximum Gasteiger partial charge on any atom is 0.317 e. The second-order valence-corrected chi connectivity index (χ2v) is 6.27. The summed E-state index contributed by atoms with van der Waals surface area (Å²) in [6.07, 6.45) is 3.05. The van der Waals surface area contributed by atoms with E-state index in [4.69, 9.17) is 5.11 Å². The topological polar surface area (TPSA) is 89.9 Å². The van der Waals surface area contributed by atoms with Gasteiger partial charge in [-0.05, 0) is 45.4 Å². The number of aliphatic hydroxyl groups excluding tert-OH is 1. The van der Waals surface area contributed by atoms with Gasteiger partial charge in [0.15, 0.2) is 0 Å². The van der Waals surface area contributed by atoms with Crippen molar-refractivity contribution < 1.29 is 19.8 Å². The first-order valence-corrected chi connectivity index (χ1v) is 7.13. The SMILES string of the molecule is CN(C(=O)NCC1CCC(C(=O)O)CC1)C(C)(C)CO. The Bertz CT molecular complexity index is 349. The lowest BCUT2D eigenvalue weighted by Gasteiger charge is -2.34. The van der Waals surface area contributed by atoms with Gasteiger partial charge in [0.25, 0.3) is 0 Å². The van der Waals surface area contributed by atoms with E-state index >= 15 is 0 Å². The minimum atomic E-state index is -0.711. The number of nitrogens with one attached hydrogen (secondary N) is 1. The van der Waals surface area contributed by atoms with Crippen LogP contribution in [0, 0.1) is 11.8 Å². The molecule has 1 aliphatic carbocycles. The quantitative estimate of drug-likeness (QED) is 0.710. The van der Waals surface area contributed by atoms with E-state index in [0.717, 1.165) is 12.8 Å². The van der Waals surface area contributed by atoms with Crippen molar-refractivity contribution in [1.82, 2.24) is 10.2 Å². The molecule has 116 valence electrons. The molecule has 0 unspecified atom stereocenters. The average Bonchev–Trinajstić information content (AvgIpc) is 2.44. The summed E-state index contributed by atoms with van der Waals surface area (Å²) in [7, 11) is 1.66. The van der Waals surface area contributed by atoms with Gasteiger partial charge in [-0.25, -0.2) is 4.79 Å². The average molecular weight is 286 g/mol. The molecule has 1 fully saturated rings.